The van der Waals surface area contributed by atoms with Crippen molar-refractivity contribution in [3.05, 3.63) is 47.5 Å². The summed E-state index contributed by atoms with van der Waals surface area (Å²) in [7, 11) is -6.42. The second-order valence-corrected chi connectivity index (χ2v) is 14.5. The number of hydrogen-bond donors (Lipinski definition) is 3. The van der Waals surface area contributed by atoms with E-state index in [4.69, 9.17) is 15.8 Å². The molecule has 0 unspecified atom stereocenters. The summed E-state index contributed by atoms with van der Waals surface area (Å²) in [6.45, 7) is 0. The number of nitrogens with one attached hydrogen (secondary N) is 2. The minimum absolute atomic E-state index is 0.275. The van der Waals surface area contributed by atoms with E-state index in [-0.39, 0.29) is 9.79 Å². The molecule has 0 atom stereocenters. The van der Waals surface area contributed by atoms with Gasteiger partial charge in [-0.1, -0.05) is 0 Å². The Hall–Kier alpha value is -2.65. The summed E-state index contributed by atoms with van der Waals surface area (Å²) in [5, 5.41) is 4.94. The second-order valence-electron chi connectivity index (χ2n) is 6.70. The van der Waals surface area contributed by atoms with Crippen molar-refractivity contribution >= 4 is 61.7 Å². The van der Waals surface area contributed by atoms with Crippen LogP contribution in [0.25, 0.3) is 0 Å². The highest BCUT2D eigenvalue weighted by Crippen LogP contribution is 2.24. The summed E-state index contributed by atoms with van der Waals surface area (Å²) < 4.78 is 104. The zero-order valence-corrected chi connectivity index (χ0v) is 24.0. The van der Waals surface area contributed by atoms with Crippen LogP contribution in [0.15, 0.2) is 56.0 Å². The van der Waals surface area contributed by atoms with Crippen molar-refractivity contribution in [3.8, 4) is 0 Å². The number of benzene rings is 2. The first-order chi connectivity index (χ1) is 17.3. The van der Waals surface area contributed by atoms with Crippen LogP contribution in [-0.4, -0.2) is 73.9 Å². The minimum atomic E-state index is -4.20. The lowest BCUT2D eigenvalue weighted by atomic mass is 10.2. The lowest BCUT2D eigenvalue weighted by molar-refractivity contribution is 0.0587. The zero-order valence-electron chi connectivity index (χ0n) is 20.0. The number of carbonyl (C=O) groups is 2. The van der Waals surface area contributed by atoms with E-state index in [0.717, 1.165) is 50.6 Å². The van der Waals surface area contributed by atoms with Gasteiger partial charge < -0.3 is 9.47 Å². The summed E-state index contributed by atoms with van der Waals surface area (Å²) in [6.07, 6.45) is 0. The number of rotatable bonds is 8. The third-order valence-electron chi connectivity index (χ3n) is 4.44. The van der Waals surface area contributed by atoms with E-state index in [2.05, 4.69) is 9.47 Å². The van der Waals surface area contributed by atoms with Gasteiger partial charge in [0.25, 0.3) is 9.05 Å². The van der Waals surface area contributed by atoms with Gasteiger partial charge in [0, 0.05) is 10.7 Å². The van der Waals surface area contributed by atoms with Crippen LogP contribution in [0.4, 0.5) is 0 Å². The lowest BCUT2D eigenvalue weighted by Gasteiger charge is -2.08. The number of nitrogens with two attached hydrogens (primary N) is 1. The van der Waals surface area contributed by atoms with E-state index in [9.17, 15) is 43.3 Å². The lowest BCUT2D eigenvalue weighted by Crippen LogP contribution is -2.21. The largest absolute Gasteiger partial charge is 0.465 e. The summed E-state index contributed by atoms with van der Waals surface area (Å²) >= 11 is 0. The summed E-state index contributed by atoms with van der Waals surface area (Å²) in [5.74, 6) is -2.01. The molecule has 0 saturated heterocycles. The van der Waals surface area contributed by atoms with Crippen molar-refractivity contribution in [2.45, 2.75) is 19.6 Å². The third-order valence-corrected chi connectivity index (χ3v) is 9.61. The highest BCUT2D eigenvalue weighted by atomic mass is 35.7. The van der Waals surface area contributed by atoms with Gasteiger partial charge in [0.1, 0.15) is 0 Å². The Morgan fingerprint density at radius 1 is 0.711 bits per heavy atom. The minimum Gasteiger partial charge on any atom is -0.465 e. The number of esters is 2. The van der Waals surface area contributed by atoms with E-state index < -0.39 is 72.0 Å². The molecule has 2 aromatic rings. The molecule has 0 aliphatic heterocycles. The molecule has 0 heterocycles. The van der Waals surface area contributed by atoms with Gasteiger partial charge >= 0.3 is 11.9 Å². The average Bonchev–Trinajstić information content (AvgIpc) is 2.86. The fraction of sp³-hybridized carbons (Fsp3) is 0.222. The molecule has 2 rings (SSSR count). The molecule has 212 valence electrons. The number of halogens is 1. The van der Waals surface area contributed by atoms with Crippen LogP contribution in [0.2, 0.25) is 0 Å². The predicted octanol–water partition coefficient (Wildman–Crippen LogP) is -0.662. The molecule has 0 amide bonds. The summed E-state index contributed by atoms with van der Waals surface area (Å²) in [5.41, 5.74) is -0.893. The Bertz CT molecular complexity index is 1550. The van der Waals surface area contributed by atoms with Crippen molar-refractivity contribution in [1.29, 1.82) is 0 Å². The molecule has 20 heteroatoms. The molecule has 0 saturated carbocycles. The first kappa shape index (κ1) is 33.4. The molecule has 38 heavy (non-hydrogen) atoms. The third kappa shape index (κ3) is 8.17. The predicted molar refractivity (Wildman–Crippen MR) is 132 cm³/mol. The standard InChI is InChI=1S/C9H10ClNO6S2.C9H12N2O6S2/c2*1-11-19(15,16)6-3-4-8(18(10,13)14)7(5-6)9(12)17-2/h3-5,11H,1-2H3;3-5,11H,1-2H3,(H2,10,13,14). The normalized spacial score (nSPS) is 12.2. The topological polar surface area (TPSA) is 239 Å². The van der Waals surface area contributed by atoms with Gasteiger partial charge in [-0.05, 0) is 50.5 Å². The van der Waals surface area contributed by atoms with Gasteiger partial charge in [-0.15, -0.1) is 0 Å². The van der Waals surface area contributed by atoms with E-state index in [1.807, 2.05) is 9.44 Å². The number of ether oxygens (including phenoxy) is 2. The molecule has 2 aromatic carbocycles. The van der Waals surface area contributed by atoms with Crippen molar-refractivity contribution in [3.63, 3.8) is 0 Å². The maximum absolute atomic E-state index is 11.6. The molecule has 0 bridgehead atoms. The number of methoxy groups -OCH3 is 2. The monoisotopic (exact) mass is 635 g/mol. The van der Waals surface area contributed by atoms with Gasteiger partial charge in [0.05, 0.1) is 44.9 Å². The molecule has 0 aliphatic carbocycles. The molecule has 0 aliphatic rings. The Morgan fingerprint density at radius 2 is 1.05 bits per heavy atom. The summed E-state index contributed by atoms with van der Waals surface area (Å²) in [6, 6.07) is 5.68. The van der Waals surface area contributed by atoms with Gasteiger partial charge in [0.15, 0.2) is 0 Å². The average molecular weight is 636 g/mol. The van der Waals surface area contributed by atoms with Crippen LogP contribution in [0.3, 0.4) is 0 Å². The highest BCUT2D eigenvalue weighted by Gasteiger charge is 2.25. The Labute approximate surface area is 223 Å². The second kappa shape index (κ2) is 12.5. The van der Waals surface area contributed by atoms with Crippen LogP contribution < -0.4 is 14.6 Å². The van der Waals surface area contributed by atoms with Crippen molar-refractivity contribution in [2.24, 2.45) is 5.14 Å². The van der Waals surface area contributed by atoms with Crippen LogP contribution >= 0.6 is 10.7 Å². The zero-order chi connectivity index (χ0) is 29.7. The highest BCUT2D eigenvalue weighted by molar-refractivity contribution is 8.13. The number of carbonyl (C=O) groups excluding carboxylic acids is 2. The SMILES string of the molecule is CNS(=O)(=O)c1ccc(S(=O)(=O)Cl)c(C(=O)OC)c1.CNS(=O)(=O)c1ccc(S(N)(=O)=O)c(C(=O)OC)c1. The maximum atomic E-state index is 11.6. The van der Waals surface area contributed by atoms with Crippen LogP contribution in [0, 0.1) is 0 Å². The van der Waals surface area contributed by atoms with Gasteiger partial charge in [-0.25, -0.2) is 57.8 Å². The van der Waals surface area contributed by atoms with E-state index in [1.165, 1.54) is 14.1 Å². The molecule has 0 spiro atoms. The Balaban J connectivity index is 0.000000380. The van der Waals surface area contributed by atoms with Crippen molar-refractivity contribution in [2.75, 3.05) is 28.3 Å². The fourth-order valence-corrected chi connectivity index (χ4v) is 5.85. The number of primary sulfonamides is 1. The first-order valence-electron chi connectivity index (χ1n) is 9.56. The van der Waals surface area contributed by atoms with Crippen LogP contribution in [-0.2, 0) is 48.6 Å². The number of hydrogen-bond acceptors (Lipinski definition) is 12. The first-order valence-corrected chi connectivity index (χ1v) is 16.4. The van der Waals surface area contributed by atoms with Crippen LogP contribution in [0.5, 0.6) is 0 Å². The van der Waals surface area contributed by atoms with Crippen molar-refractivity contribution < 1.29 is 52.7 Å². The Morgan fingerprint density at radius 3 is 1.34 bits per heavy atom. The molecule has 0 fully saturated rings. The molecular weight excluding hydrogens is 614 g/mol. The number of sulfonamides is 3. The van der Waals surface area contributed by atoms with E-state index >= 15 is 0 Å². The smallest absolute Gasteiger partial charge is 0.339 e. The summed E-state index contributed by atoms with van der Waals surface area (Å²) in [4.78, 5) is 21.4. The van der Waals surface area contributed by atoms with Crippen LogP contribution in [0.1, 0.15) is 20.7 Å². The van der Waals surface area contributed by atoms with E-state index in [0.29, 0.717) is 0 Å². The molecule has 0 radical (unpaired) electrons. The van der Waals surface area contributed by atoms with Gasteiger partial charge in [0.2, 0.25) is 30.1 Å². The van der Waals surface area contributed by atoms with Gasteiger partial charge in [-0.3, -0.25) is 0 Å². The molecule has 0 aromatic heterocycles. The Kier molecular flexibility index (Phi) is 11.0. The van der Waals surface area contributed by atoms with Gasteiger partial charge in [-0.2, -0.15) is 0 Å². The fourth-order valence-electron chi connectivity index (χ4n) is 2.59. The van der Waals surface area contributed by atoms with Crippen molar-refractivity contribution in [1.82, 2.24) is 9.44 Å². The molecular formula is C18H22ClN3O12S4. The molecule has 4 N–H and O–H groups in total. The van der Waals surface area contributed by atoms with E-state index in [1.54, 1.807) is 0 Å². The quantitative estimate of drug-likeness (QED) is 0.242. The molecule has 15 nitrogen and oxygen atoms in total. The maximum Gasteiger partial charge on any atom is 0.339 e.